The van der Waals surface area contributed by atoms with E-state index in [1.807, 2.05) is 0 Å². The van der Waals surface area contributed by atoms with Crippen molar-refractivity contribution >= 4 is 23.9 Å². The van der Waals surface area contributed by atoms with Crippen molar-refractivity contribution in [2.45, 2.75) is 9.79 Å². The van der Waals surface area contributed by atoms with E-state index >= 15 is 0 Å². The Labute approximate surface area is 136 Å². The third kappa shape index (κ3) is 4.80. The minimum atomic E-state index is -0.977. The summed E-state index contributed by atoms with van der Waals surface area (Å²) in [5.74, 6) is -0.783. The van der Waals surface area contributed by atoms with E-state index in [4.69, 9.17) is 5.73 Å². The lowest BCUT2D eigenvalue weighted by Crippen LogP contribution is -2.32. The van der Waals surface area contributed by atoms with Gasteiger partial charge in [-0.2, -0.15) is 0 Å². The Morgan fingerprint density at radius 2 is 1.91 bits per heavy atom. The van der Waals surface area contributed by atoms with Crippen LogP contribution in [0.5, 0.6) is 0 Å². The highest BCUT2D eigenvalue weighted by Gasteiger charge is 2.09. The van der Waals surface area contributed by atoms with Crippen molar-refractivity contribution in [3.63, 3.8) is 0 Å². The van der Waals surface area contributed by atoms with Gasteiger partial charge in [0.05, 0.1) is 11.4 Å². The van der Waals surface area contributed by atoms with Crippen LogP contribution < -0.4 is 5.73 Å². The van der Waals surface area contributed by atoms with Crippen LogP contribution in [0.25, 0.3) is 6.08 Å². The predicted molar refractivity (Wildman–Crippen MR) is 84.0 cm³/mol. The van der Waals surface area contributed by atoms with Gasteiger partial charge in [0.2, 0.25) is 0 Å². The van der Waals surface area contributed by atoms with Crippen molar-refractivity contribution in [1.29, 1.82) is 0 Å². The Kier molecular flexibility index (Phi) is 5.72. The van der Waals surface area contributed by atoms with E-state index in [9.17, 15) is 18.8 Å². The first-order valence-electron chi connectivity index (χ1n) is 6.61. The molecule has 0 spiro atoms. The first kappa shape index (κ1) is 17.0. The summed E-state index contributed by atoms with van der Waals surface area (Å²) in [6.07, 6.45) is 3.05. The van der Waals surface area contributed by atoms with Crippen LogP contribution >= 0.6 is 11.8 Å². The number of hydroxylamine groups is 2. The molecule has 2 amide bonds. The molecule has 0 bridgehead atoms. The van der Waals surface area contributed by atoms with Crippen molar-refractivity contribution in [1.82, 2.24) is 5.06 Å². The van der Waals surface area contributed by atoms with E-state index in [2.05, 4.69) is 0 Å². The number of nitrogens with two attached hydrogens (primary N) is 1. The zero-order chi connectivity index (χ0) is 16.8. The second-order valence-corrected chi connectivity index (χ2v) is 5.62. The molecule has 0 atom stereocenters. The number of hydrogen-bond acceptors (Lipinski definition) is 3. The zero-order valence-corrected chi connectivity index (χ0v) is 12.8. The SMILES string of the molecule is NC(=O)N(O)CC=Cc1cccc(F)c1Sc1ccc(F)cc1. The maximum atomic E-state index is 14.1. The van der Waals surface area contributed by atoms with Crippen molar-refractivity contribution in [2.75, 3.05) is 6.54 Å². The molecule has 0 saturated heterocycles. The van der Waals surface area contributed by atoms with Gasteiger partial charge in [0.25, 0.3) is 0 Å². The van der Waals surface area contributed by atoms with E-state index in [0.29, 0.717) is 20.4 Å². The normalized spacial score (nSPS) is 10.9. The molecule has 0 aromatic heterocycles. The molecule has 23 heavy (non-hydrogen) atoms. The molecule has 0 aliphatic carbocycles. The lowest BCUT2D eigenvalue weighted by Gasteiger charge is -2.09. The third-order valence-electron chi connectivity index (χ3n) is 2.86. The summed E-state index contributed by atoms with van der Waals surface area (Å²) in [7, 11) is 0. The summed E-state index contributed by atoms with van der Waals surface area (Å²) >= 11 is 1.15. The smallest absolute Gasteiger partial charge is 0.338 e. The van der Waals surface area contributed by atoms with Crippen molar-refractivity contribution in [3.05, 3.63) is 65.7 Å². The molecule has 0 radical (unpaired) electrons. The van der Waals surface area contributed by atoms with Gasteiger partial charge in [0, 0.05) is 4.90 Å². The van der Waals surface area contributed by atoms with Crippen LogP contribution in [0.3, 0.4) is 0 Å². The van der Waals surface area contributed by atoms with Gasteiger partial charge in [-0.15, -0.1) is 0 Å². The van der Waals surface area contributed by atoms with Crippen LogP contribution in [0, 0.1) is 11.6 Å². The molecule has 2 aromatic rings. The number of halogens is 2. The minimum absolute atomic E-state index is 0.119. The average Bonchev–Trinajstić information content (AvgIpc) is 2.52. The van der Waals surface area contributed by atoms with Crippen LogP contribution in [0.2, 0.25) is 0 Å². The fourth-order valence-corrected chi connectivity index (χ4v) is 2.68. The Balaban J connectivity index is 2.20. The maximum Gasteiger partial charge on any atom is 0.338 e. The molecule has 0 heterocycles. The molecular formula is C16H14F2N2O2S. The molecule has 0 unspecified atom stereocenters. The molecule has 0 saturated carbocycles. The van der Waals surface area contributed by atoms with Crippen LogP contribution in [0.15, 0.2) is 58.3 Å². The quantitative estimate of drug-likeness (QED) is 0.643. The highest BCUT2D eigenvalue weighted by molar-refractivity contribution is 7.99. The average molecular weight is 336 g/mol. The number of primary amides is 1. The fourth-order valence-electron chi connectivity index (χ4n) is 1.75. The second-order valence-electron chi connectivity index (χ2n) is 4.54. The molecule has 0 fully saturated rings. The molecule has 0 aliphatic rings. The Morgan fingerprint density at radius 1 is 1.22 bits per heavy atom. The molecule has 2 rings (SSSR count). The molecule has 4 nitrogen and oxygen atoms in total. The molecule has 7 heteroatoms. The first-order chi connectivity index (χ1) is 11.0. The lowest BCUT2D eigenvalue weighted by molar-refractivity contribution is -0.0286. The largest absolute Gasteiger partial charge is 0.350 e. The topological polar surface area (TPSA) is 66.6 Å². The highest BCUT2D eigenvalue weighted by atomic mass is 32.2. The molecule has 0 aliphatic heterocycles. The Bertz CT molecular complexity index is 721. The van der Waals surface area contributed by atoms with Crippen molar-refractivity contribution in [3.8, 4) is 0 Å². The van der Waals surface area contributed by atoms with Gasteiger partial charge in [0.1, 0.15) is 11.6 Å². The number of benzene rings is 2. The Hall–Kier alpha value is -2.38. The van der Waals surface area contributed by atoms with Crippen LogP contribution in [0.4, 0.5) is 13.6 Å². The van der Waals surface area contributed by atoms with E-state index in [1.54, 1.807) is 30.3 Å². The fraction of sp³-hybridized carbons (Fsp3) is 0.0625. The van der Waals surface area contributed by atoms with Crippen LogP contribution in [-0.4, -0.2) is 22.8 Å². The second kappa shape index (κ2) is 7.75. The summed E-state index contributed by atoms with van der Waals surface area (Å²) in [6.45, 7) is -0.119. The first-order valence-corrected chi connectivity index (χ1v) is 7.43. The number of amides is 2. The van der Waals surface area contributed by atoms with Crippen LogP contribution in [-0.2, 0) is 0 Å². The van der Waals surface area contributed by atoms with E-state index in [1.165, 1.54) is 24.3 Å². The maximum absolute atomic E-state index is 14.1. The number of carbonyl (C=O) groups excluding carboxylic acids is 1. The molecule has 3 N–H and O–H groups in total. The van der Waals surface area contributed by atoms with Gasteiger partial charge in [-0.05, 0) is 35.9 Å². The summed E-state index contributed by atoms with van der Waals surface area (Å²) in [5, 5.41) is 9.52. The van der Waals surface area contributed by atoms with Crippen molar-refractivity contribution in [2.24, 2.45) is 5.73 Å². The summed E-state index contributed by atoms with van der Waals surface area (Å²) in [6, 6.07) is 9.31. The van der Waals surface area contributed by atoms with E-state index in [-0.39, 0.29) is 12.4 Å². The van der Waals surface area contributed by atoms with E-state index in [0.717, 1.165) is 11.8 Å². The Morgan fingerprint density at radius 3 is 2.57 bits per heavy atom. The monoisotopic (exact) mass is 336 g/mol. The van der Waals surface area contributed by atoms with E-state index < -0.39 is 11.8 Å². The van der Waals surface area contributed by atoms with Gasteiger partial charge < -0.3 is 5.73 Å². The number of carbonyl (C=O) groups is 1. The van der Waals surface area contributed by atoms with Gasteiger partial charge in [0.15, 0.2) is 0 Å². The van der Waals surface area contributed by atoms with Crippen LogP contribution in [0.1, 0.15) is 5.56 Å². The molecule has 2 aromatic carbocycles. The number of urea groups is 1. The number of hydrogen-bond donors (Lipinski definition) is 2. The number of nitrogens with zero attached hydrogens (tertiary/aromatic N) is 1. The van der Waals surface area contributed by atoms with Gasteiger partial charge >= 0.3 is 6.03 Å². The van der Waals surface area contributed by atoms with Gasteiger partial charge in [-0.1, -0.05) is 36.0 Å². The third-order valence-corrected chi connectivity index (χ3v) is 4.00. The predicted octanol–water partition coefficient (Wildman–Crippen LogP) is 3.90. The summed E-state index contributed by atoms with van der Waals surface area (Å²) < 4.78 is 27.0. The zero-order valence-electron chi connectivity index (χ0n) is 11.9. The summed E-state index contributed by atoms with van der Waals surface area (Å²) in [5.41, 5.74) is 5.46. The molecule has 120 valence electrons. The highest BCUT2D eigenvalue weighted by Crippen LogP contribution is 2.33. The van der Waals surface area contributed by atoms with Crippen molar-refractivity contribution < 1.29 is 18.8 Å². The lowest BCUT2D eigenvalue weighted by atomic mass is 10.2. The minimum Gasteiger partial charge on any atom is -0.350 e. The van der Waals surface area contributed by atoms with Gasteiger partial charge in [-0.3, -0.25) is 5.21 Å². The standard InChI is InChI=1S/C16H14F2N2O2S/c17-12-6-8-13(9-7-12)23-15-11(3-1-5-14(15)18)4-2-10-20(22)16(19)21/h1-9,22H,10H2,(H2,19,21). The number of rotatable bonds is 5. The molecular weight excluding hydrogens is 322 g/mol. The van der Waals surface area contributed by atoms with Gasteiger partial charge in [-0.25, -0.2) is 18.6 Å². The summed E-state index contributed by atoms with van der Waals surface area (Å²) in [4.78, 5) is 11.7.